The molecule has 0 N–H and O–H groups in total. The lowest BCUT2D eigenvalue weighted by molar-refractivity contribution is 0.363. The smallest absolute Gasteiger partial charge is 0.0693 e. The minimum absolute atomic E-state index is 0.203. The molecule has 0 bridgehead atoms. The number of nitrogens with zero attached hydrogens (tertiary/aromatic N) is 2. The summed E-state index contributed by atoms with van der Waals surface area (Å²) in [6.45, 7) is 4.20. The Morgan fingerprint density at radius 2 is 1.88 bits per heavy atom. The van der Waals surface area contributed by atoms with Gasteiger partial charge in [0.05, 0.1) is 11.5 Å². The maximum atomic E-state index is 9.36. The molecule has 0 aliphatic heterocycles. The Balaban J connectivity index is 2.95. The largest absolute Gasteiger partial charge is 0.378 e. The standard InChI is InChI=1S/C15H22N2/c1-5-15(6-2,12-16)11-13-8-7-9-14(10-13)17(3)4/h7-10H,5-6,11H2,1-4H3. The van der Waals surface area contributed by atoms with Crippen LogP contribution in [-0.4, -0.2) is 14.1 Å². The van der Waals surface area contributed by atoms with E-state index >= 15 is 0 Å². The molecule has 0 unspecified atom stereocenters. The molecule has 1 rings (SSSR count). The van der Waals surface area contributed by atoms with Gasteiger partial charge in [0.2, 0.25) is 0 Å². The topological polar surface area (TPSA) is 27.0 Å². The first-order chi connectivity index (χ1) is 8.06. The SMILES string of the molecule is CCC(C#N)(CC)Cc1cccc(N(C)C)c1. The van der Waals surface area contributed by atoms with E-state index in [1.165, 1.54) is 11.3 Å². The molecule has 0 spiro atoms. The quantitative estimate of drug-likeness (QED) is 0.772. The molecule has 1 aromatic carbocycles. The van der Waals surface area contributed by atoms with E-state index in [-0.39, 0.29) is 5.41 Å². The van der Waals surface area contributed by atoms with Crippen LogP contribution in [0.1, 0.15) is 32.3 Å². The first-order valence-corrected chi connectivity index (χ1v) is 6.24. The fourth-order valence-corrected chi connectivity index (χ4v) is 2.03. The zero-order valence-corrected chi connectivity index (χ0v) is 11.3. The van der Waals surface area contributed by atoms with Crippen LogP contribution in [0.15, 0.2) is 24.3 Å². The van der Waals surface area contributed by atoms with Gasteiger partial charge in [-0.2, -0.15) is 5.26 Å². The van der Waals surface area contributed by atoms with Crippen molar-refractivity contribution in [2.24, 2.45) is 5.41 Å². The predicted octanol–water partition coefficient (Wildman–Crippen LogP) is 3.63. The van der Waals surface area contributed by atoms with Crippen LogP contribution in [0.2, 0.25) is 0 Å². The molecule has 92 valence electrons. The van der Waals surface area contributed by atoms with Gasteiger partial charge in [-0.15, -0.1) is 0 Å². The summed E-state index contributed by atoms with van der Waals surface area (Å²) in [6.07, 6.45) is 2.66. The maximum Gasteiger partial charge on any atom is 0.0693 e. The normalized spacial score (nSPS) is 11.0. The van der Waals surface area contributed by atoms with Crippen molar-refractivity contribution in [3.63, 3.8) is 0 Å². The van der Waals surface area contributed by atoms with Gasteiger partial charge in [-0.25, -0.2) is 0 Å². The summed E-state index contributed by atoms with van der Waals surface area (Å²) < 4.78 is 0. The molecule has 0 heterocycles. The third-order valence-electron chi connectivity index (χ3n) is 3.56. The number of nitriles is 1. The summed E-state index contributed by atoms with van der Waals surface area (Å²) in [5.41, 5.74) is 2.24. The average molecular weight is 230 g/mol. The van der Waals surface area contributed by atoms with Crippen molar-refractivity contribution in [2.45, 2.75) is 33.1 Å². The van der Waals surface area contributed by atoms with E-state index in [2.05, 4.69) is 49.1 Å². The Bertz CT molecular complexity index is 398. The van der Waals surface area contributed by atoms with Crippen LogP contribution in [0.25, 0.3) is 0 Å². The summed E-state index contributed by atoms with van der Waals surface area (Å²) in [4.78, 5) is 2.09. The van der Waals surface area contributed by atoms with E-state index in [0.717, 1.165) is 19.3 Å². The summed E-state index contributed by atoms with van der Waals surface area (Å²) in [6, 6.07) is 11.0. The Labute approximate surface area is 105 Å². The lowest BCUT2D eigenvalue weighted by Crippen LogP contribution is -2.20. The van der Waals surface area contributed by atoms with Gasteiger partial charge in [-0.1, -0.05) is 26.0 Å². The highest BCUT2D eigenvalue weighted by atomic mass is 15.1. The highest BCUT2D eigenvalue weighted by Crippen LogP contribution is 2.30. The summed E-state index contributed by atoms with van der Waals surface area (Å²) in [5.74, 6) is 0. The van der Waals surface area contributed by atoms with Crippen LogP contribution in [0.5, 0.6) is 0 Å². The van der Waals surface area contributed by atoms with Crippen LogP contribution >= 0.6 is 0 Å². The van der Waals surface area contributed by atoms with Crippen LogP contribution in [0, 0.1) is 16.7 Å². The predicted molar refractivity (Wildman–Crippen MR) is 73.1 cm³/mol. The summed E-state index contributed by atoms with van der Waals surface area (Å²) >= 11 is 0. The Morgan fingerprint density at radius 1 is 1.24 bits per heavy atom. The van der Waals surface area contributed by atoms with E-state index in [4.69, 9.17) is 0 Å². The Kier molecular flexibility index (Phi) is 4.57. The van der Waals surface area contributed by atoms with E-state index in [1.807, 2.05) is 14.1 Å². The zero-order chi connectivity index (χ0) is 12.9. The van der Waals surface area contributed by atoms with Crippen LogP contribution in [0.4, 0.5) is 5.69 Å². The zero-order valence-electron chi connectivity index (χ0n) is 11.3. The summed E-state index contributed by atoms with van der Waals surface area (Å²) in [7, 11) is 4.08. The van der Waals surface area contributed by atoms with E-state index in [1.54, 1.807) is 0 Å². The van der Waals surface area contributed by atoms with Gasteiger partial charge < -0.3 is 4.90 Å². The van der Waals surface area contributed by atoms with Crippen molar-refractivity contribution in [1.82, 2.24) is 0 Å². The Morgan fingerprint density at radius 3 is 2.35 bits per heavy atom. The molecular formula is C15H22N2. The highest BCUT2D eigenvalue weighted by molar-refractivity contribution is 5.47. The van der Waals surface area contributed by atoms with Gasteiger partial charge >= 0.3 is 0 Å². The lowest BCUT2D eigenvalue weighted by atomic mass is 9.78. The lowest BCUT2D eigenvalue weighted by Gasteiger charge is -2.24. The molecule has 0 saturated heterocycles. The molecular weight excluding hydrogens is 208 g/mol. The van der Waals surface area contributed by atoms with Crippen LogP contribution < -0.4 is 4.90 Å². The third-order valence-corrected chi connectivity index (χ3v) is 3.56. The Hall–Kier alpha value is -1.49. The first kappa shape index (κ1) is 13.6. The minimum atomic E-state index is -0.203. The van der Waals surface area contributed by atoms with Crippen molar-refractivity contribution in [3.8, 4) is 6.07 Å². The van der Waals surface area contributed by atoms with Crippen molar-refractivity contribution >= 4 is 5.69 Å². The van der Waals surface area contributed by atoms with E-state index in [0.29, 0.717) is 0 Å². The monoisotopic (exact) mass is 230 g/mol. The number of benzene rings is 1. The number of rotatable bonds is 5. The van der Waals surface area contributed by atoms with Crippen molar-refractivity contribution in [3.05, 3.63) is 29.8 Å². The number of hydrogen-bond acceptors (Lipinski definition) is 2. The summed E-state index contributed by atoms with van der Waals surface area (Å²) in [5, 5.41) is 9.36. The van der Waals surface area contributed by atoms with Gasteiger partial charge in [-0.3, -0.25) is 0 Å². The van der Waals surface area contributed by atoms with Crippen molar-refractivity contribution in [1.29, 1.82) is 5.26 Å². The van der Waals surface area contributed by atoms with E-state index in [9.17, 15) is 5.26 Å². The van der Waals surface area contributed by atoms with Gasteiger partial charge in [0.1, 0.15) is 0 Å². The molecule has 2 heteroatoms. The maximum absolute atomic E-state index is 9.36. The molecule has 0 fully saturated rings. The van der Waals surface area contributed by atoms with Crippen molar-refractivity contribution in [2.75, 3.05) is 19.0 Å². The van der Waals surface area contributed by atoms with Gasteiger partial charge in [0.25, 0.3) is 0 Å². The van der Waals surface area contributed by atoms with Gasteiger partial charge in [0, 0.05) is 19.8 Å². The molecule has 0 aromatic heterocycles. The first-order valence-electron chi connectivity index (χ1n) is 6.24. The van der Waals surface area contributed by atoms with E-state index < -0.39 is 0 Å². The van der Waals surface area contributed by atoms with Gasteiger partial charge in [-0.05, 0) is 37.0 Å². The molecule has 0 aliphatic rings. The van der Waals surface area contributed by atoms with Crippen molar-refractivity contribution < 1.29 is 0 Å². The fraction of sp³-hybridized carbons (Fsp3) is 0.533. The molecule has 1 aromatic rings. The fourth-order valence-electron chi connectivity index (χ4n) is 2.03. The molecule has 0 amide bonds. The second kappa shape index (κ2) is 5.72. The second-order valence-electron chi connectivity index (χ2n) is 4.84. The number of hydrogen-bond donors (Lipinski definition) is 0. The second-order valence-corrected chi connectivity index (χ2v) is 4.84. The number of anilines is 1. The minimum Gasteiger partial charge on any atom is -0.378 e. The van der Waals surface area contributed by atoms with Crippen LogP contribution in [0.3, 0.4) is 0 Å². The third kappa shape index (κ3) is 3.23. The molecule has 0 atom stereocenters. The highest BCUT2D eigenvalue weighted by Gasteiger charge is 2.26. The molecule has 17 heavy (non-hydrogen) atoms. The molecule has 0 saturated carbocycles. The molecule has 2 nitrogen and oxygen atoms in total. The molecule has 0 radical (unpaired) electrons. The van der Waals surface area contributed by atoms with Crippen LogP contribution in [-0.2, 0) is 6.42 Å². The van der Waals surface area contributed by atoms with Gasteiger partial charge in [0.15, 0.2) is 0 Å². The average Bonchev–Trinajstić information content (AvgIpc) is 2.36. The molecule has 0 aliphatic carbocycles.